The van der Waals surface area contributed by atoms with Crippen LogP contribution in [0.4, 0.5) is 4.79 Å². The number of carbonyl (C=O) groups excluding carboxylic acids is 4. The molecule has 3 unspecified atom stereocenters. The molecule has 1 aromatic carbocycles. The molecule has 1 heterocycles. The Kier molecular flexibility index (Phi) is 9.18. The van der Waals surface area contributed by atoms with Gasteiger partial charge in [0.15, 0.2) is 0 Å². The van der Waals surface area contributed by atoms with Crippen molar-refractivity contribution in [2.75, 3.05) is 6.54 Å². The molecule has 0 aliphatic carbocycles. The van der Waals surface area contributed by atoms with Crippen molar-refractivity contribution in [2.45, 2.75) is 51.2 Å². The van der Waals surface area contributed by atoms with Crippen LogP contribution < -0.4 is 21.3 Å². The largest absolute Gasteiger partial charge is 0.465 e. The topological polar surface area (TPSA) is 154 Å². The van der Waals surface area contributed by atoms with Gasteiger partial charge in [-0.2, -0.15) is 0 Å². The second-order valence-corrected chi connectivity index (χ2v) is 8.19. The van der Waals surface area contributed by atoms with Crippen molar-refractivity contribution in [2.24, 2.45) is 11.8 Å². The molecule has 2 rings (SSSR count). The van der Waals surface area contributed by atoms with Crippen LogP contribution in [0.2, 0.25) is 0 Å². The summed E-state index contributed by atoms with van der Waals surface area (Å²) in [7, 11) is 0. The third kappa shape index (κ3) is 7.36. The SMILES string of the molecule is CC(C)C(NC(=O)O)C(=O)NC(Cc1ccccc1)C(=O)NC(C=O)C[C@@H]1CCNC1=O. The molecule has 10 nitrogen and oxygen atoms in total. The highest BCUT2D eigenvalue weighted by Crippen LogP contribution is 2.16. The molecule has 1 aliphatic rings. The second kappa shape index (κ2) is 11.8. The van der Waals surface area contributed by atoms with Gasteiger partial charge in [0.25, 0.3) is 0 Å². The third-order valence-corrected chi connectivity index (χ3v) is 5.34. The number of carboxylic acid groups (broad SMARTS) is 1. The van der Waals surface area contributed by atoms with Crippen LogP contribution in [0.25, 0.3) is 0 Å². The van der Waals surface area contributed by atoms with Crippen molar-refractivity contribution >= 4 is 30.1 Å². The van der Waals surface area contributed by atoms with E-state index in [1.807, 2.05) is 6.07 Å². The number of nitrogens with one attached hydrogen (secondary N) is 4. The van der Waals surface area contributed by atoms with Gasteiger partial charge >= 0.3 is 6.09 Å². The Morgan fingerprint density at radius 2 is 1.81 bits per heavy atom. The zero-order valence-electron chi connectivity index (χ0n) is 18.2. The van der Waals surface area contributed by atoms with E-state index in [0.717, 1.165) is 5.56 Å². The summed E-state index contributed by atoms with van der Waals surface area (Å²) in [6.45, 7) is 3.89. The first kappa shape index (κ1) is 24.8. The second-order valence-electron chi connectivity index (χ2n) is 8.19. The molecule has 1 aromatic rings. The minimum Gasteiger partial charge on any atom is -0.465 e. The Labute approximate surface area is 186 Å². The van der Waals surface area contributed by atoms with Crippen LogP contribution in [0, 0.1) is 11.8 Å². The van der Waals surface area contributed by atoms with Gasteiger partial charge in [0, 0.05) is 18.9 Å². The Bertz CT molecular complexity index is 829. The zero-order chi connectivity index (χ0) is 23.7. The maximum atomic E-state index is 13.0. The summed E-state index contributed by atoms with van der Waals surface area (Å²) < 4.78 is 0. The summed E-state index contributed by atoms with van der Waals surface area (Å²) in [4.78, 5) is 60.2. The van der Waals surface area contributed by atoms with E-state index in [2.05, 4.69) is 21.3 Å². The average molecular weight is 447 g/mol. The Morgan fingerprint density at radius 1 is 1.12 bits per heavy atom. The molecule has 32 heavy (non-hydrogen) atoms. The third-order valence-electron chi connectivity index (χ3n) is 5.34. The Balaban J connectivity index is 2.14. The molecule has 4 atom stereocenters. The minimum absolute atomic E-state index is 0.145. The highest BCUT2D eigenvalue weighted by atomic mass is 16.4. The van der Waals surface area contributed by atoms with Crippen LogP contribution in [0.1, 0.15) is 32.3 Å². The van der Waals surface area contributed by atoms with Crippen molar-refractivity contribution < 1.29 is 29.1 Å². The molecular weight excluding hydrogens is 416 g/mol. The van der Waals surface area contributed by atoms with E-state index >= 15 is 0 Å². The summed E-state index contributed by atoms with van der Waals surface area (Å²) in [5.41, 5.74) is 0.776. The first-order valence-electron chi connectivity index (χ1n) is 10.6. The van der Waals surface area contributed by atoms with Crippen LogP contribution in [0.5, 0.6) is 0 Å². The van der Waals surface area contributed by atoms with Crippen LogP contribution in [0.3, 0.4) is 0 Å². The van der Waals surface area contributed by atoms with E-state index in [1.54, 1.807) is 38.1 Å². The molecular formula is C22H30N4O6. The lowest BCUT2D eigenvalue weighted by Crippen LogP contribution is -2.57. The predicted molar refractivity (Wildman–Crippen MR) is 116 cm³/mol. The fourth-order valence-corrected chi connectivity index (χ4v) is 3.60. The fraction of sp³-hybridized carbons (Fsp3) is 0.500. The summed E-state index contributed by atoms with van der Waals surface area (Å²) in [5.74, 6) is -2.10. The predicted octanol–water partition coefficient (Wildman–Crippen LogP) is 0.216. The lowest BCUT2D eigenvalue weighted by atomic mass is 9.98. The first-order chi connectivity index (χ1) is 15.2. The van der Waals surface area contributed by atoms with Crippen molar-refractivity contribution in [3.8, 4) is 0 Å². The van der Waals surface area contributed by atoms with E-state index < -0.39 is 36.0 Å². The van der Waals surface area contributed by atoms with E-state index in [9.17, 15) is 24.0 Å². The van der Waals surface area contributed by atoms with Gasteiger partial charge in [0.1, 0.15) is 18.4 Å². The van der Waals surface area contributed by atoms with Gasteiger partial charge in [0.2, 0.25) is 17.7 Å². The average Bonchev–Trinajstić information content (AvgIpc) is 3.15. The monoisotopic (exact) mass is 446 g/mol. The molecule has 0 saturated carbocycles. The maximum Gasteiger partial charge on any atom is 0.405 e. The molecule has 4 amide bonds. The molecule has 174 valence electrons. The molecule has 0 radical (unpaired) electrons. The lowest BCUT2D eigenvalue weighted by molar-refractivity contribution is -0.131. The van der Waals surface area contributed by atoms with Crippen LogP contribution >= 0.6 is 0 Å². The van der Waals surface area contributed by atoms with Gasteiger partial charge in [-0.15, -0.1) is 0 Å². The summed E-state index contributed by atoms with van der Waals surface area (Å²) >= 11 is 0. The van der Waals surface area contributed by atoms with E-state index in [4.69, 9.17) is 5.11 Å². The van der Waals surface area contributed by atoms with Gasteiger partial charge < -0.3 is 31.2 Å². The number of carbonyl (C=O) groups is 5. The van der Waals surface area contributed by atoms with Crippen LogP contribution in [0.15, 0.2) is 30.3 Å². The van der Waals surface area contributed by atoms with Crippen molar-refractivity contribution in [1.29, 1.82) is 0 Å². The molecule has 0 spiro atoms. The number of rotatable bonds is 11. The van der Waals surface area contributed by atoms with Gasteiger partial charge in [-0.3, -0.25) is 14.4 Å². The van der Waals surface area contributed by atoms with Crippen LogP contribution in [-0.2, 0) is 25.6 Å². The number of hydrogen-bond acceptors (Lipinski definition) is 5. The Hall–Kier alpha value is -3.43. The summed E-state index contributed by atoms with van der Waals surface area (Å²) in [6.07, 6.45) is 0.126. The number of hydrogen-bond donors (Lipinski definition) is 5. The van der Waals surface area contributed by atoms with E-state index in [-0.39, 0.29) is 30.6 Å². The molecule has 0 aromatic heterocycles. The quantitative estimate of drug-likeness (QED) is 0.306. The first-order valence-corrected chi connectivity index (χ1v) is 10.6. The maximum absolute atomic E-state index is 13.0. The number of benzene rings is 1. The van der Waals surface area contributed by atoms with Crippen molar-refractivity contribution in [3.05, 3.63) is 35.9 Å². The molecule has 1 fully saturated rings. The van der Waals surface area contributed by atoms with Gasteiger partial charge in [-0.05, 0) is 24.3 Å². The van der Waals surface area contributed by atoms with E-state index in [0.29, 0.717) is 19.3 Å². The summed E-state index contributed by atoms with van der Waals surface area (Å²) in [5, 5.41) is 19.1. The van der Waals surface area contributed by atoms with Crippen LogP contribution in [-0.4, -0.2) is 59.9 Å². The Morgan fingerprint density at radius 3 is 2.34 bits per heavy atom. The standard InChI is InChI=1S/C22H30N4O6/c1-13(2)18(26-22(31)32)21(30)25-17(10-14-6-4-3-5-7-14)20(29)24-16(12-27)11-15-8-9-23-19(15)28/h3-7,12-13,15-18,26H,8-11H2,1-2H3,(H,23,28)(H,24,29)(H,25,30)(H,31,32)/t15-,16?,17?,18?/m0/s1. The highest BCUT2D eigenvalue weighted by molar-refractivity contribution is 5.92. The van der Waals surface area contributed by atoms with Crippen molar-refractivity contribution in [1.82, 2.24) is 21.3 Å². The normalized spacial score (nSPS) is 18.2. The number of aldehydes is 1. The molecule has 1 aliphatic heterocycles. The van der Waals surface area contributed by atoms with E-state index in [1.165, 1.54) is 0 Å². The highest BCUT2D eigenvalue weighted by Gasteiger charge is 2.32. The fourth-order valence-electron chi connectivity index (χ4n) is 3.60. The number of amides is 4. The zero-order valence-corrected chi connectivity index (χ0v) is 18.2. The van der Waals surface area contributed by atoms with Gasteiger partial charge in [0.05, 0.1) is 6.04 Å². The van der Waals surface area contributed by atoms with Gasteiger partial charge in [-0.25, -0.2) is 4.79 Å². The summed E-state index contributed by atoms with van der Waals surface area (Å²) in [6, 6.07) is 6.01. The molecule has 0 bridgehead atoms. The smallest absolute Gasteiger partial charge is 0.405 e. The molecule has 1 saturated heterocycles. The molecule has 10 heteroatoms. The van der Waals surface area contributed by atoms with Gasteiger partial charge in [-0.1, -0.05) is 44.2 Å². The molecule has 5 N–H and O–H groups in total. The lowest BCUT2D eigenvalue weighted by Gasteiger charge is -2.25. The minimum atomic E-state index is -1.35. The van der Waals surface area contributed by atoms with Crippen molar-refractivity contribution in [3.63, 3.8) is 0 Å².